The third-order valence-electron chi connectivity index (χ3n) is 3.95. The molecular formula is C24H20. The van der Waals surface area contributed by atoms with E-state index in [1.165, 1.54) is 16.7 Å². The van der Waals surface area contributed by atoms with Crippen LogP contribution in [-0.4, -0.2) is 0 Å². The Kier molecular flexibility index (Phi) is 5.28. The Balaban J connectivity index is 2.15. The van der Waals surface area contributed by atoms with Crippen molar-refractivity contribution in [3.8, 4) is 11.8 Å². The lowest BCUT2D eigenvalue weighted by Gasteiger charge is -2.10. The second-order valence-corrected chi connectivity index (χ2v) is 5.56. The van der Waals surface area contributed by atoms with Gasteiger partial charge in [-0.1, -0.05) is 97.6 Å². The van der Waals surface area contributed by atoms with E-state index in [-0.39, 0.29) is 0 Å². The molecule has 0 heterocycles. The molecule has 116 valence electrons. The largest absolute Gasteiger partial charge is 0.0622 e. The van der Waals surface area contributed by atoms with Gasteiger partial charge in [0.2, 0.25) is 0 Å². The van der Waals surface area contributed by atoms with Crippen LogP contribution in [0.4, 0.5) is 0 Å². The van der Waals surface area contributed by atoms with Gasteiger partial charge in [0.25, 0.3) is 0 Å². The fourth-order valence-electron chi connectivity index (χ4n) is 2.75. The van der Waals surface area contributed by atoms with Gasteiger partial charge in [-0.2, -0.15) is 0 Å². The highest BCUT2D eigenvalue weighted by Crippen LogP contribution is 2.28. The molecule has 0 bridgehead atoms. The first-order chi connectivity index (χ1) is 11.9. The number of rotatable bonds is 3. The summed E-state index contributed by atoms with van der Waals surface area (Å²) in [4.78, 5) is 0. The van der Waals surface area contributed by atoms with Crippen LogP contribution < -0.4 is 0 Å². The summed E-state index contributed by atoms with van der Waals surface area (Å²) in [5.74, 6) is 6.75. The number of benzene rings is 3. The van der Waals surface area contributed by atoms with Crippen LogP contribution in [0.3, 0.4) is 0 Å². The van der Waals surface area contributed by atoms with Gasteiger partial charge in [-0.3, -0.25) is 0 Å². The predicted octanol–water partition coefficient (Wildman–Crippen LogP) is 6.06. The van der Waals surface area contributed by atoms with Crippen molar-refractivity contribution in [1.82, 2.24) is 0 Å². The van der Waals surface area contributed by atoms with Crippen molar-refractivity contribution in [2.45, 2.75) is 13.3 Å². The summed E-state index contributed by atoms with van der Waals surface area (Å²) in [7, 11) is 0. The zero-order chi connectivity index (χ0) is 16.6. The zero-order valence-electron chi connectivity index (χ0n) is 13.9. The molecule has 0 N–H and O–H groups in total. The molecule has 0 saturated heterocycles. The molecule has 3 aromatic carbocycles. The maximum Gasteiger partial charge on any atom is 0.0359 e. The summed E-state index contributed by atoms with van der Waals surface area (Å²) in [5.41, 5.74) is 5.83. The summed E-state index contributed by atoms with van der Waals surface area (Å²) in [6, 6.07) is 31.1. The van der Waals surface area contributed by atoms with Gasteiger partial charge >= 0.3 is 0 Å². The maximum atomic E-state index is 3.43. The highest BCUT2D eigenvalue weighted by Gasteiger charge is 2.08. The second kappa shape index (κ2) is 7.99. The molecule has 0 saturated carbocycles. The van der Waals surface area contributed by atoms with Gasteiger partial charge in [-0.15, -0.1) is 0 Å². The van der Waals surface area contributed by atoms with Gasteiger partial charge in [0, 0.05) is 11.1 Å². The molecule has 0 atom stereocenters. The first-order valence-corrected chi connectivity index (χ1v) is 8.29. The zero-order valence-corrected chi connectivity index (χ0v) is 13.9. The van der Waals surface area contributed by atoms with Gasteiger partial charge < -0.3 is 0 Å². The molecule has 0 spiro atoms. The van der Waals surface area contributed by atoms with Crippen molar-refractivity contribution in [1.29, 1.82) is 0 Å². The minimum atomic E-state index is 0.942. The van der Waals surface area contributed by atoms with E-state index in [9.17, 15) is 0 Å². The molecule has 0 aliphatic heterocycles. The Hall–Kier alpha value is -3.04. The lowest BCUT2D eigenvalue weighted by Crippen LogP contribution is -1.90. The minimum Gasteiger partial charge on any atom is -0.0622 e. The topological polar surface area (TPSA) is 0 Å². The van der Waals surface area contributed by atoms with Crippen molar-refractivity contribution in [3.63, 3.8) is 0 Å². The van der Waals surface area contributed by atoms with Crippen molar-refractivity contribution in [2.75, 3.05) is 0 Å². The average molecular weight is 308 g/mol. The highest BCUT2D eigenvalue weighted by atomic mass is 14.1. The van der Waals surface area contributed by atoms with E-state index in [4.69, 9.17) is 0 Å². The van der Waals surface area contributed by atoms with Crippen LogP contribution in [0.2, 0.25) is 0 Å². The standard InChI is InChI=1S/C24H20/c1-2-23(21-14-8-4-9-15-21)24(22-16-10-5-11-17-22)19-18-20-12-6-3-7-13-20/h3-17H,2H2,1H3/b24-23-. The van der Waals surface area contributed by atoms with Crippen LogP contribution in [0, 0.1) is 11.8 Å². The molecule has 24 heavy (non-hydrogen) atoms. The molecule has 0 aliphatic rings. The fourth-order valence-corrected chi connectivity index (χ4v) is 2.75. The third kappa shape index (κ3) is 3.83. The minimum absolute atomic E-state index is 0.942. The average Bonchev–Trinajstić information content (AvgIpc) is 2.67. The first kappa shape index (κ1) is 15.8. The van der Waals surface area contributed by atoms with E-state index < -0.39 is 0 Å². The molecule has 0 amide bonds. The summed E-state index contributed by atoms with van der Waals surface area (Å²) in [6.07, 6.45) is 0.942. The van der Waals surface area contributed by atoms with Gasteiger partial charge in [-0.25, -0.2) is 0 Å². The Morgan fingerprint density at radius 1 is 0.667 bits per heavy atom. The van der Waals surface area contributed by atoms with Gasteiger partial charge in [0.05, 0.1) is 0 Å². The number of allylic oxidation sites excluding steroid dienone is 2. The Morgan fingerprint density at radius 3 is 1.71 bits per heavy atom. The van der Waals surface area contributed by atoms with Crippen LogP contribution in [0.15, 0.2) is 91.0 Å². The van der Waals surface area contributed by atoms with Gasteiger partial charge in [0.15, 0.2) is 0 Å². The van der Waals surface area contributed by atoms with Crippen LogP contribution >= 0.6 is 0 Å². The lowest BCUT2D eigenvalue weighted by molar-refractivity contribution is 1.24. The molecule has 0 radical (unpaired) electrons. The van der Waals surface area contributed by atoms with Crippen LogP contribution in [0.1, 0.15) is 30.0 Å². The Labute approximate surface area is 144 Å². The first-order valence-electron chi connectivity index (χ1n) is 8.29. The maximum absolute atomic E-state index is 3.43. The smallest absolute Gasteiger partial charge is 0.0359 e. The number of hydrogen-bond acceptors (Lipinski definition) is 0. The molecule has 0 aliphatic carbocycles. The Morgan fingerprint density at radius 2 is 1.17 bits per heavy atom. The van der Waals surface area contributed by atoms with Gasteiger partial charge in [-0.05, 0) is 35.3 Å². The molecule has 0 heteroatoms. The van der Waals surface area contributed by atoms with Crippen molar-refractivity contribution in [3.05, 3.63) is 108 Å². The van der Waals surface area contributed by atoms with E-state index in [0.29, 0.717) is 0 Å². The number of hydrogen-bond donors (Lipinski definition) is 0. The van der Waals surface area contributed by atoms with Crippen molar-refractivity contribution >= 4 is 11.1 Å². The van der Waals surface area contributed by atoms with E-state index >= 15 is 0 Å². The summed E-state index contributed by atoms with van der Waals surface area (Å²) < 4.78 is 0. The van der Waals surface area contributed by atoms with Crippen molar-refractivity contribution in [2.24, 2.45) is 0 Å². The molecule has 3 aromatic rings. The fraction of sp³-hybridized carbons (Fsp3) is 0.0833. The van der Waals surface area contributed by atoms with Crippen molar-refractivity contribution < 1.29 is 0 Å². The van der Waals surface area contributed by atoms with E-state index in [0.717, 1.165) is 17.6 Å². The quantitative estimate of drug-likeness (QED) is 0.407. The van der Waals surface area contributed by atoms with Gasteiger partial charge in [0.1, 0.15) is 0 Å². The molecule has 0 fully saturated rings. The van der Waals surface area contributed by atoms with Crippen LogP contribution in [0.5, 0.6) is 0 Å². The van der Waals surface area contributed by atoms with Crippen LogP contribution in [0.25, 0.3) is 11.1 Å². The molecule has 0 aromatic heterocycles. The lowest BCUT2D eigenvalue weighted by atomic mass is 9.93. The molecular weight excluding hydrogens is 288 g/mol. The van der Waals surface area contributed by atoms with E-state index in [1.807, 2.05) is 36.4 Å². The van der Waals surface area contributed by atoms with E-state index in [1.54, 1.807) is 0 Å². The second-order valence-electron chi connectivity index (χ2n) is 5.56. The summed E-state index contributed by atoms with van der Waals surface area (Å²) >= 11 is 0. The monoisotopic (exact) mass is 308 g/mol. The normalized spacial score (nSPS) is 11.2. The molecule has 3 rings (SSSR count). The Bertz CT molecular complexity index is 861. The highest BCUT2D eigenvalue weighted by molar-refractivity contribution is 5.98. The van der Waals surface area contributed by atoms with Crippen LogP contribution in [-0.2, 0) is 0 Å². The molecule has 0 unspecified atom stereocenters. The SMILES string of the molecule is CC/C(=C(\C#Cc1ccccc1)c1ccccc1)c1ccccc1. The van der Waals surface area contributed by atoms with E-state index in [2.05, 4.69) is 73.4 Å². The predicted molar refractivity (Wildman–Crippen MR) is 103 cm³/mol. The summed E-state index contributed by atoms with van der Waals surface area (Å²) in [5, 5.41) is 0. The summed E-state index contributed by atoms with van der Waals surface area (Å²) in [6.45, 7) is 2.19. The third-order valence-corrected chi connectivity index (χ3v) is 3.95. The molecule has 0 nitrogen and oxygen atoms in total.